The van der Waals surface area contributed by atoms with Crippen LogP contribution in [0.15, 0.2) is 0 Å². The molecule has 0 radical (unpaired) electrons. The van der Waals surface area contributed by atoms with Crippen LogP contribution in [0.2, 0.25) is 0 Å². The van der Waals surface area contributed by atoms with Gasteiger partial charge in [-0.1, -0.05) is 19.8 Å². The van der Waals surface area contributed by atoms with Gasteiger partial charge in [-0.2, -0.15) is 13.2 Å². The lowest BCUT2D eigenvalue weighted by molar-refractivity contribution is -0.197. The van der Waals surface area contributed by atoms with Crippen molar-refractivity contribution in [1.82, 2.24) is 9.88 Å². The Morgan fingerprint density at radius 1 is 1.38 bits per heavy atom. The van der Waals surface area contributed by atoms with E-state index >= 15 is 0 Å². The third-order valence-corrected chi connectivity index (χ3v) is 6.01. The zero-order chi connectivity index (χ0) is 17.3. The summed E-state index contributed by atoms with van der Waals surface area (Å²) < 4.78 is 39.5. The highest BCUT2D eigenvalue weighted by Crippen LogP contribution is 2.42. The van der Waals surface area contributed by atoms with Crippen molar-refractivity contribution in [3.63, 3.8) is 0 Å². The number of fused-ring (bicyclic) bond motifs is 1. The molecular weight excluding hydrogens is 339 g/mol. The number of hydrogen-bond acceptors (Lipinski definition) is 4. The second-order valence-corrected chi connectivity index (χ2v) is 7.62. The van der Waals surface area contributed by atoms with Gasteiger partial charge in [0.15, 0.2) is 5.13 Å². The Morgan fingerprint density at radius 3 is 2.83 bits per heavy atom. The van der Waals surface area contributed by atoms with Gasteiger partial charge < -0.3 is 5.32 Å². The maximum atomic E-state index is 13.2. The first-order valence-electron chi connectivity index (χ1n) is 8.47. The smallest absolute Gasteiger partial charge is 0.302 e. The Bertz CT molecular complexity index is 602. The number of halogens is 3. The van der Waals surface area contributed by atoms with Gasteiger partial charge in [0.25, 0.3) is 0 Å². The zero-order valence-electron chi connectivity index (χ0n) is 13.7. The van der Waals surface area contributed by atoms with Crippen LogP contribution in [0.4, 0.5) is 18.3 Å². The van der Waals surface area contributed by atoms with Crippen molar-refractivity contribution in [2.24, 2.45) is 11.8 Å². The standard InChI is InChI=1S/C16H22F3N3OS/c1-2-22-8-7-12-13(9-22)24-15(20-12)21-14(23)10-5-3-4-6-11(10)16(17,18)19/h10-11H,2-9H2,1H3,(H,20,21,23). The topological polar surface area (TPSA) is 45.2 Å². The van der Waals surface area contributed by atoms with Gasteiger partial charge in [0.05, 0.1) is 11.6 Å². The summed E-state index contributed by atoms with van der Waals surface area (Å²) in [6, 6.07) is 0. The van der Waals surface area contributed by atoms with Crippen LogP contribution >= 0.6 is 11.3 Å². The fourth-order valence-electron chi connectivity index (χ4n) is 3.61. The highest BCUT2D eigenvalue weighted by molar-refractivity contribution is 7.15. The van der Waals surface area contributed by atoms with Gasteiger partial charge >= 0.3 is 6.18 Å². The van der Waals surface area contributed by atoms with E-state index in [1.165, 1.54) is 11.3 Å². The normalized spacial score (nSPS) is 25.3. The summed E-state index contributed by atoms with van der Waals surface area (Å²) in [6.45, 7) is 4.77. The zero-order valence-corrected chi connectivity index (χ0v) is 14.5. The van der Waals surface area contributed by atoms with E-state index < -0.39 is 23.9 Å². The summed E-state index contributed by atoms with van der Waals surface area (Å²) in [5, 5.41) is 3.09. The molecule has 24 heavy (non-hydrogen) atoms. The van der Waals surface area contributed by atoms with Crippen LogP contribution in [-0.4, -0.2) is 35.1 Å². The predicted molar refractivity (Wildman–Crippen MR) is 86.9 cm³/mol. The number of nitrogens with one attached hydrogen (secondary N) is 1. The summed E-state index contributed by atoms with van der Waals surface area (Å²) in [7, 11) is 0. The lowest BCUT2D eigenvalue weighted by Crippen LogP contribution is -2.39. The Labute approximate surface area is 143 Å². The van der Waals surface area contributed by atoms with Crippen molar-refractivity contribution in [3.05, 3.63) is 10.6 Å². The number of carbonyl (C=O) groups is 1. The molecule has 1 amide bonds. The molecule has 2 heterocycles. The molecule has 1 aromatic rings. The predicted octanol–water partition coefficient (Wildman–Crippen LogP) is 3.83. The number of nitrogens with zero attached hydrogens (tertiary/aromatic N) is 2. The minimum Gasteiger partial charge on any atom is -0.302 e. The van der Waals surface area contributed by atoms with Gasteiger partial charge in [-0.25, -0.2) is 4.98 Å². The van der Waals surface area contributed by atoms with E-state index in [9.17, 15) is 18.0 Å². The van der Waals surface area contributed by atoms with E-state index in [4.69, 9.17) is 0 Å². The molecule has 0 aromatic carbocycles. The average molecular weight is 361 g/mol. The van der Waals surface area contributed by atoms with Crippen LogP contribution in [0.3, 0.4) is 0 Å². The average Bonchev–Trinajstić information content (AvgIpc) is 2.95. The number of anilines is 1. The first kappa shape index (κ1) is 17.7. The molecule has 134 valence electrons. The molecule has 1 N–H and O–H groups in total. The van der Waals surface area contributed by atoms with Crippen molar-refractivity contribution in [3.8, 4) is 0 Å². The molecule has 0 bridgehead atoms. The molecule has 0 saturated heterocycles. The van der Waals surface area contributed by atoms with Gasteiger partial charge in [-0.3, -0.25) is 9.69 Å². The molecule has 2 aliphatic rings. The van der Waals surface area contributed by atoms with E-state index in [1.807, 2.05) is 0 Å². The number of hydrogen-bond donors (Lipinski definition) is 1. The van der Waals surface area contributed by atoms with Crippen LogP contribution in [0.25, 0.3) is 0 Å². The highest BCUT2D eigenvalue weighted by atomic mass is 32.1. The van der Waals surface area contributed by atoms with Gasteiger partial charge in [0, 0.05) is 30.3 Å². The number of likely N-dealkylation sites (N-methyl/N-ethyl adjacent to an activating group) is 1. The van der Waals surface area contributed by atoms with Crippen molar-refractivity contribution < 1.29 is 18.0 Å². The van der Waals surface area contributed by atoms with Crippen LogP contribution < -0.4 is 5.32 Å². The SMILES string of the molecule is CCN1CCc2nc(NC(=O)C3CCCCC3C(F)(F)F)sc2C1. The monoisotopic (exact) mass is 361 g/mol. The van der Waals surface area contributed by atoms with E-state index in [0.29, 0.717) is 24.4 Å². The number of carbonyl (C=O) groups excluding carboxylic acids is 1. The molecule has 4 nitrogen and oxygen atoms in total. The number of amides is 1. The quantitative estimate of drug-likeness (QED) is 0.890. The first-order valence-corrected chi connectivity index (χ1v) is 9.28. The molecule has 1 aromatic heterocycles. The molecule has 3 rings (SSSR count). The third kappa shape index (κ3) is 3.74. The Hall–Kier alpha value is -1.15. The molecule has 1 aliphatic carbocycles. The van der Waals surface area contributed by atoms with Crippen LogP contribution in [0.1, 0.15) is 43.2 Å². The number of aromatic nitrogens is 1. The summed E-state index contributed by atoms with van der Waals surface area (Å²) in [4.78, 5) is 20.2. The van der Waals surface area contributed by atoms with Crippen molar-refractivity contribution in [2.75, 3.05) is 18.4 Å². The first-order chi connectivity index (χ1) is 11.4. The maximum absolute atomic E-state index is 13.2. The van der Waals surface area contributed by atoms with E-state index in [2.05, 4.69) is 22.1 Å². The van der Waals surface area contributed by atoms with Gasteiger partial charge in [0.2, 0.25) is 5.91 Å². The minimum atomic E-state index is -4.31. The van der Waals surface area contributed by atoms with Crippen molar-refractivity contribution >= 4 is 22.4 Å². The van der Waals surface area contributed by atoms with E-state index in [1.54, 1.807) is 0 Å². The number of thiazole rings is 1. The lowest BCUT2D eigenvalue weighted by Gasteiger charge is -2.31. The lowest BCUT2D eigenvalue weighted by atomic mass is 9.78. The Morgan fingerprint density at radius 2 is 2.12 bits per heavy atom. The summed E-state index contributed by atoms with van der Waals surface area (Å²) in [6.07, 6.45) is -1.95. The van der Waals surface area contributed by atoms with Crippen molar-refractivity contribution in [2.45, 2.75) is 51.7 Å². The Balaban J connectivity index is 1.69. The van der Waals surface area contributed by atoms with Crippen molar-refractivity contribution in [1.29, 1.82) is 0 Å². The second kappa shape index (κ2) is 7.00. The van der Waals surface area contributed by atoms with Crippen LogP contribution in [0, 0.1) is 11.8 Å². The fourth-order valence-corrected chi connectivity index (χ4v) is 4.66. The third-order valence-electron chi connectivity index (χ3n) is 5.01. The summed E-state index contributed by atoms with van der Waals surface area (Å²) in [5.74, 6) is -3.06. The Kier molecular flexibility index (Phi) is 5.15. The second-order valence-electron chi connectivity index (χ2n) is 6.54. The van der Waals surface area contributed by atoms with Gasteiger partial charge in [0.1, 0.15) is 0 Å². The molecule has 2 atom stereocenters. The van der Waals surface area contributed by atoms with Gasteiger partial charge in [-0.05, 0) is 19.4 Å². The number of rotatable bonds is 3. The van der Waals surface area contributed by atoms with E-state index in [0.717, 1.165) is 36.6 Å². The molecule has 0 spiro atoms. The molecule has 8 heteroatoms. The highest BCUT2D eigenvalue weighted by Gasteiger charge is 2.48. The van der Waals surface area contributed by atoms with Crippen LogP contribution in [0.5, 0.6) is 0 Å². The van der Waals surface area contributed by atoms with E-state index in [-0.39, 0.29) is 6.42 Å². The fraction of sp³-hybridized carbons (Fsp3) is 0.750. The minimum absolute atomic E-state index is 0.0431. The largest absolute Gasteiger partial charge is 0.392 e. The summed E-state index contributed by atoms with van der Waals surface area (Å²) in [5.41, 5.74) is 0.969. The molecule has 1 aliphatic heterocycles. The molecule has 1 fully saturated rings. The maximum Gasteiger partial charge on any atom is 0.392 e. The van der Waals surface area contributed by atoms with Crippen LogP contribution in [-0.2, 0) is 17.8 Å². The summed E-state index contributed by atoms with van der Waals surface area (Å²) >= 11 is 1.39. The molecular formula is C16H22F3N3OS. The number of alkyl halides is 3. The molecule has 1 saturated carbocycles. The molecule has 2 unspecified atom stereocenters. The van der Waals surface area contributed by atoms with Gasteiger partial charge in [-0.15, -0.1) is 11.3 Å².